The quantitative estimate of drug-likeness (QED) is 0.299. The van der Waals surface area contributed by atoms with Crippen molar-refractivity contribution >= 4 is 39.9 Å². The minimum Gasteiger partial charge on any atom is -0.597 e. The Balaban J connectivity index is 2.08. The summed E-state index contributed by atoms with van der Waals surface area (Å²) < 4.78 is 19.9. The van der Waals surface area contributed by atoms with Gasteiger partial charge in [-0.25, -0.2) is 0 Å². The summed E-state index contributed by atoms with van der Waals surface area (Å²) in [6.07, 6.45) is 1.47. The number of halogens is 1. The minimum absolute atomic E-state index is 0.0560. The highest BCUT2D eigenvalue weighted by Gasteiger charge is 2.37. The van der Waals surface area contributed by atoms with Crippen LogP contribution in [0.2, 0.25) is 0 Å². The summed E-state index contributed by atoms with van der Waals surface area (Å²) in [5, 5.41) is 0. The molecule has 1 aromatic rings. The Hall–Kier alpha value is -0.310. The number of hydrogen-bond donors (Lipinski definition) is 0. The van der Waals surface area contributed by atoms with E-state index in [2.05, 4.69) is 22.6 Å². The molecule has 1 aliphatic rings. The van der Waals surface area contributed by atoms with Crippen molar-refractivity contribution in [3.8, 4) is 0 Å². The van der Waals surface area contributed by atoms with Crippen molar-refractivity contribution in [2.45, 2.75) is 54.9 Å². The Morgan fingerprint density at radius 2 is 1.96 bits per heavy atom. The number of nitrogens with zero attached hydrogens (tertiary/aromatic N) is 1. The SMILES string of the molecule is CC(C)(C)[S+]([O-])N(Cc1ccccc1)C[C@@H]1CCC(I)C(=O)O1. The lowest BCUT2D eigenvalue weighted by atomic mass is 10.1. The van der Waals surface area contributed by atoms with Crippen molar-refractivity contribution < 1.29 is 14.1 Å². The zero-order valence-electron chi connectivity index (χ0n) is 13.8. The second-order valence-electron chi connectivity index (χ2n) is 6.77. The van der Waals surface area contributed by atoms with Crippen LogP contribution in [0, 0.1) is 0 Å². The molecule has 0 spiro atoms. The topological polar surface area (TPSA) is 52.6 Å². The fourth-order valence-corrected chi connectivity index (χ4v) is 4.32. The Morgan fingerprint density at radius 3 is 2.52 bits per heavy atom. The summed E-state index contributed by atoms with van der Waals surface area (Å²) in [7, 11) is 0. The van der Waals surface area contributed by atoms with Gasteiger partial charge in [0.25, 0.3) is 0 Å². The number of benzene rings is 1. The minimum atomic E-state index is -1.16. The predicted octanol–water partition coefficient (Wildman–Crippen LogP) is 3.46. The van der Waals surface area contributed by atoms with Gasteiger partial charge < -0.3 is 9.29 Å². The highest BCUT2D eigenvalue weighted by molar-refractivity contribution is 14.1. The van der Waals surface area contributed by atoms with Crippen LogP contribution < -0.4 is 0 Å². The second kappa shape index (κ2) is 8.18. The summed E-state index contributed by atoms with van der Waals surface area (Å²) in [5.74, 6) is -0.150. The van der Waals surface area contributed by atoms with Gasteiger partial charge in [0.1, 0.15) is 14.8 Å². The molecule has 0 N–H and O–H groups in total. The lowest BCUT2D eigenvalue weighted by Gasteiger charge is -2.35. The van der Waals surface area contributed by atoms with E-state index in [4.69, 9.17) is 4.74 Å². The third-order valence-electron chi connectivity index (χ3n) is 3.65. The molecule has 23 heavy (non-hydrogen) atoms. The Bertz CT molecular complexity index is 520. The normalized spacial score (nSPS) is 23.7. The smallest absolute Gasteiger partial charge is 0.319 e. The van der Waals surface area contributed by atoms with Crippen molar-refractivity contribution in [3.05, 3.63) is 35.9 Å². The Morgan fingerprint density at radius 1 is 1.30 bits per heavy atom. The van der Waals surface area contributed by atoms with E-state index < -0.39 is 11.4 Å². The highest BCUT2D eigenvalue weighted by atomic mass is 127. The van der Waals surface area contributed by atoms with Crippen LogP contribution in [0.25, 0.3) is 0 Å². The molecule has 4 nitrogen and oxygen atoms in total. The van der Waals surface area contributed by atoms with Gasteiger partial charge in [0.05, 0.1) is 13.1 Å². The van der Waals surface area contributed by atoms with Crippen LogP contribution >= 0.6 is 22.6 Å². The Kier molecular flexibility index (Phi) is 6.77. The van der Waals surface area contributed by atoms with Crippen molar-refractivity contribution in [2.24, 2.45) is 0 Å². The van der Waals surface area contributed by atoms with Crippen molar-refractivity contribution in [1.82, 2.24) is 4.31 Å². The van der Waals surface area contributed by atoms with E-state index >= 15 is 0 Å². The third-order valence-corrected chi connectivity index (χ3v) is 6.57. The standard InChI is InChI=1S/C17H24INO3S/c1-17(2,3)23(21)19(11-13-7-5-4-6-8-13)12-14-9-10-15(18)16(20)22-14/h4-8,14-15H,9-12H2,1-3H3/t14-,15?,23?/m0/s1. The fourth-order valence-electron chi connectivity index (χ4n) is 2.47. The number of rotatable bonds is 5. The monoisotopic (exact) mass is 449 g/mol. The lowest BCUT2D eigenvalue weighted by molar-refractivity contribution is -0.152. The van der Waals surface area contributed by atoms with Gasteiger partial charge in [-0.1, -0.05) is 52.9 Å². The van der Waals surface area contributed by atoms with Crippen molar-refractivity contribution in [3.63, 3.8) is 0 Å². The van der Waals surface area contributed by atoms with Crippen LogP contribution in [0.15, 0.2) is 30.3 Å². The van der Waals surface area contributed by atoms with Crippen LogP contribution in [0.3, 0.4) is 0 Å². The van der Waals surface area contributed by atoms with Crippen LogP contribution in [0.5, 0.6) is 0 Å². The Labute approximate surface area is 155 Å². The molecule has 0 saturated carbocycles. The summed E-state index contributed by atoms with van der Waals surface area (Å²) in [5.41, 5.74) is 1.11. The molecule has 2 unspecified atom stereocenters. The van der Waals surface area contributed by atoms with Crippen LogP contribution in [0.4, 0.5) is 0 Å². The van der Waals surface area contributed by atoms with Gasteiger partial charge in [0.15, 0.2) is 0 Å². The largest absolute Gasteiger partial charge is 0.597 e. The average Bonchev–Trinajstić information content (AvgIpc) is 2.49. The first-order valence-electron chi connectivity index (χ1n) is 7.83. The lowest BCUT2D eigenvalue weighted by Crippen LogP contribution is -2.47. The van der Waals surface area contributed by atoms with Gasteiger partial charge in [-0.3, -0.25) is 4.79 Å². The van der Waals surface area contributed by atoms with Crippen molar-refractivity contribution in [2.75, 3.05) is 6.54 Å². The molecular weight excluding hydrogens is 425 g/mol. The summed E-state index contributed by atoms with van der Waals surface area (Å²) in [6, 6.07) is 9.99. The zero-order chi connectivity index (χ0) is 17.0. The van der Waals surface area contributed by atoms with E-state index in [0.717, 1.165) is 18.4 Å². The maximum absolute atomic E-state index is 12.9. The van der Waals surface area contributed by atoms with E-state index in [1.807, 2.05) is 55.4 Å². The van der Waals surface area contributed by atoms with E-state index in [1.165, 1.54) is 0 Å². The van der Waals surface area contributed by atoms with Crippen LogP contribution in [0.1, 0.15) is 39.2 Å². The second-order valence-corrected chi connectivity index (χ2v) is 10.5. The number of esters is 1. The first-order valence-corrected chi connectivity index (χ1v) is 10.2. The van der Waals surface area contributed by atoms with Gasteiger partial charge in [-0.15, -0.1) is 4.31 Å². The molecule has 3 atom stereocenters. The molecule has 0 aromatic heterocycles. The van der Waals surface area contributed by atoms with E-state index in [0.29, 0.717) is 13.1 Å². The molecule has 1 saturated heterocycles. The fraction of sp³-hybridized carbons (Fsp3) is 0.588. The van der Waals surface area contributed by atoms with Gasteiger partial charge in [0, 0.05) is 11.4 Å². The van der Waals surface area contributed by atoms with E-state index in [-0.39, 0.29) is 20.7 Å². The van der Waals surface area contributed by atoms with E-state index in [9.17, 15) is 9.35 Å². The van der Waals surface area contributed by atoms with Gasteiger partial charge in [-0.05, 0) is 39.2 Å². The molecule has 0 bridgehead atoms. The van der Waals surface area contributed by atoms with Crippen LogP contribution in [-0.4, -0.2) is 36.1 Å². The maximum atomic E-state index is 12.9. The number of cyclic esters (lactones) is 1. The number of carbonyl (C=O) groups excluding carboxylic acids is 1. The van der Waals surface area contributed by atoms with Crippen molar-refractivity contribution in [1.29, 1.82) is 0 Å². The molecule has 128 valence electrons. The molecule has 0 amide bonds. The number of ether oxygens (including phenoxy) is 1. The predicted molar refractivity (Wildman–Crippen MR) is 102 cm³/mol. The summed E-state index contributed by atoms with van der Waals surface area (Å²) in [4.78, 5) is 11.8. The molecule has 0 radical (unpaired) electrons. The first-order chi connectivity index (χ1) is 10.8. The summed E-state index contributed by atoms with van der Waals surface area (Å²) in [6.45, 7) is 7.00. The zero-order valence-corrected chi connectivity index (χ0v) is 16.8. The maximum Gasteiger partial charge on any atom is 0.319 e. The molecular formula is C17H24INO3S. The molecule has 6 heteroatoms. The number of alkyl halides is 1. The molecule has 0 aliphatic carbocycles. The van der Waals surface area contributed by atoms with Gasteiger partial charge >= 0.3 is 5.97 Å². The highest BCUT2D eigenvalue weighted by Crippen LogP contribution is 2.26. The third kappa shape index (κ3) is 5.62. The molecule has 1 aromatic carbocycles. The molecule has 1 fully saturated rings. The molecule has 1 heterocycles. The number of carbonyl (C=O) groups is 1. The average molecular weight is 449 g/mol. The van der Waals surface area contributed by atoms with E-state index in [1.54, 1.807) is 0 Å². The first kappa shape index (κ1) is 19.0. The molecule has 1 aliphatic heterocycles. The van der Waals surface area contributed by atoms with Gasteiger partial charge in [-0.2, -0.15) is 0 Å². The van der Waals surface area contributed by atoms with Gasteiger partial charge in [0.2, 0.25) is 0 Å². The number of hydrogen-bond acceptors (Lipinski definition) is 4. The van der Waals surface area contributed by atoms with Crippen LogP contribution in [-0.2, 0) is 27.4 Å². The summed E-state index contributed by atoms with van der Waals surface area (Å²) >= 11 is 0.966. The molecule has 2 rings (SSSR count).